The molecular weight excluding hydrogens is 390 g/mol. The number of carbonyl (C=O) groups excluding carboxylic acids is 1. The molecule has 1 aromatic carbocycles. The minimum Gasteiger partial charge on any atom is -0.493 e. The Kier molecular flexibility index (Phi) is 9.44. The molecule has 0 atom stereocenters. The summed E-state index contributed by atoms with van der Waals surface area (Å²) in [5.74, 6) is -0.00199. The number of benzene rings is 1. The number of nitro benzene ring substituents is 1. The first kappa shape index (κ1) is 23.9. The number of halogens is 1. The van der Waals surface area contributed by atoms with Gasteiger partial charge >= 0.3 is 0 Å². The molecule has 2 N–H and O–H groups in total. The number of nitrogens with one attached hydrogen (secondary N) is 2. The fourth-order valence-corrected chi connectivity index (χ4v) is 3.31. The van der Waals surface area contributed by atoms with Crippen LogP contribution in [0.5, 0.6) is 11.5 Å². The van der Waals surface area contributed by atoms with Crippen molar-refractivity contribution in [3.05, 3.63) is 27.8 Å². The van der Waals surface area contributed by atoms with E-state index in [0.29, 0.717) is 25.5 Å². The third kappa shape index (κ3) is 5.70. The van der Waals surface area contributed by atoms with Crippen LogP contribution in [0, 0.1) is 15.5 Å². The van der Waals surface area contributed by atoms with Gasteiger partial charge in [0.05, 0.1) is 31.3 Å². The van der Waals surface area contributed by atoms with Crippen molar-refractivity contribution in [1.29, 1.82) is 0 Å². The molecule has 28 heavy (non-hydrogen) atoms. The highest BCUT2D eigenvalue weighted by atomic mass is 35.5. The molecule has 1 saturated heterocycles. The highest BCUT2D eigenvalue weighted by Crippen LogP contribution is 2.35. The SMILES string of the molecule is CCOc1cc(C(=O)NCC2(COC)CCNCC2)c([N+](=O)[O-])cc1OC.Cl. The molecule has 0 aliphatic carbocycles. The van der Waals surface area contributed by atoms with Crippen molar-refractivity contribution < 1.29 is 23.9 Å². The monoisotopic (exact) mass is 417 g/mol. The van der Waals surface area contributed by atoms with Crippen LogP contribution in [0.1, 0.15) is 30.1 Å². The molecule has 1 aromatic rings. The van der Waals surface area contributed by atoms with Gasteiger partial charge in [0.15, 0.2) is 11.5 Å². The molecule has 1 fully saturated rings. The Morgan fingerprint density at radius 3 is 2.50 bits per heavy atom. The normalized spacial score (nSPS) is 15.2. The van der Waals surface area contributed by atoms with E-state index in [1.54, 1.807) is 14.0 Å². The zero-order valence-corrected chi connectivity index (χ0v) is 17.2. The summed E-state index contributed by atoms with van der Waals surface area (Å²) in [7, 11) is 3.03. The first-order valence-electron chi connectivity index (χ1n) is 8.93. The van der Waals surface area contributed by atoms with E-state index >= 15 is 0 Å². The molecule has 10 heteroatoms. The van der Waals surface area contributed by atoms with Crippen molar-refractivity contribution in [2.45, 2.75) is 19.8 Å². The predicted molar refractivity (Wildman–Crippen MR) is 107 cm³/mol. The molecule has 2 rings (SSSR count). The first-order valence-corrected chi connectivity index (χ1v) is 8.93. The summed E-state index contributed by atoms with van der Waals surface area (Å²) < 4.78 is 15.9. The molecule has 158 valence electrons. The molecule has 1 aliphatic heterocycles. The number of carbonyl (C=O) groups is 1. The number of hydrogen-bond acceptors (Lipinski definition) is 7. The van der Waals surface area contributed by atoms with Gasteiger partial charge in [0.2, 0.25) is 0 Å². The topological polar surface area (TPSA) is 112 Å². The van der Waals surface area contributed by atoms with Gasteiger partial charge in [-0.25, -0.2) is 0 Å². The maximum Gasteiger partial charge on any atom is 0.286 e. The summed E-state index contributed by atoms with van der Waals surface area (Å²) in [4.78, 5) is 23.6. The van der Waals surface area contributed by atoms with Crippen LogP contribution in [0.2, 0.25) is 0 Å². The third-order valence-electron chi connectivity index (χ3n) is 4.76. The third-order valence-corrected chi connectivity index (χ3v) is 4.76. The smallest absolute Gasteiger partial charge is 0.286 e. The molecule has 0 spiro atoms. The second-order valence-electron chi connectivity index (χ2n) is 6.58. The lowest BCUT2D eigenvalue weighted by Crippen LogP contribution is -2.47. The van der Waals surface area contributed by atoms with E-state index in [2.05, 4.69) is 10.6 Å². The number of nitro groups is 1. The molecule has 9 nitrogen and oxygen atoms in total. The van der Waals surface area contributed by atoms with Gasteiger partial charge in [-0.2, -0.15) is 0 Å². The molecule has 0 bridgehead atoms. The van der Waals surface area contributed by atoms with E-state index in [4.69, 9.17) is 14.2 Å². The van der Waals surface area contributed by atoms with Crippen LogP contribution >= 0.6 is 12.4 Å². The minimum atomic E-state index is -0.595. The first-order chi connectivity index (χ1) is 13.0. The summed E-state index contributed by atoms with van der Waals surface area (Å²) in [5, 5.41) is 17.6. The van der Waals surface area contributed by atoms with Crippen molar-refractivity contribution >= 4 is 24.0 Å². The van der Waals surface area contributed by atoms with Crippen molar-refractivity contribution in [3.8, 4) is 11.5 Å². The number of amides is 1. The van der Waals surface area contributed by atoms with Gasteiger partial charge in [-0.3, -0.25) is 14.9 Å². The lowest BCUT2D eigenvalue weighted by molar-refractivity contribution is -0.385. The van der Waals surface area contributed by atoms with Crippen LogP contribution < -0.4 is 20.1 Å². The average molecular weight is 418 g/mol. The quantitative estimate of drug-likeness (QED) is 0.467. The second-order valence-corrected chi connectivity index (χ2v) is 6.58. The van der Waals surface area contributed by atoms with E-state index in [9.17, 15) is 14.9 Å². The Morgan fingerprint density at radius 1 is 1.29 bits per heavy atom. The van der Waals surface area contributed by atoms with Crippen molar-refractivity contribution in [1.82, 2.24) is 10.6 Å². The Bertz CT molecular complexity index is 674. The van der Waals surface area contributed by atoms with Gasteiger partial charge in [0.1, 0.15) is 5.56 Å². The number of nitrogens with zero attached hydrogens (tertiary/aromatic N) is 1. The fraction of sp³-hybridized carbons (Fsp3) is 0.611. The van der Waals surface area contributed by atoms with Crippen LogP contribution in [-0.4, -0.2) is 57.9 Å². The zero-order chi connectivity index (χ0) is 19.9. The molecular formula is C18H28ClN3O6. The number of ether oxygens (including phenoxy) is 3. The molecule has 0 unspecified atom stereocenters. The molecule has 0 radical (unpaired) electrons. The van der Waals surface area contributed by atoms with Crippen LogP contribution in [0.3, 0.4) is 0 Å². The van der Waals surface area contributed by atoms with Crippen molar-refractivity contribution in [2.24, 2.45) is 5.41 Å². The minimum absolute atomic E-state index is 0. The van der Waals surface area contributed by atoms with Crippen molar-refractivity contribution in [3.63, 3.8) is 0 Å². The molecule has 1 aliphatic rings. The lowest BCUT2D eigenvalue weighted by Gasteiger charge is -2.37. The summed E-state index contributed by atoms with van der Waals surface area (Å²) in [6, 6.07) is 2.58. The van der Waals surface area contributed by atoms with Crippen molar-refractivity contribution in [2.75, 3.05) is 47.1 Å². The predicted octanol–water partition coefficient (Wildman–Crippen LogP) is 2.17. The van der Waals surface area contributed by atoms with E-state index < -0.39 is 10.8 Å². The fourth-order valence-electron chi connectivity index (χ4n) is 3.31. The van der Waals surface area contributed by atoms with Gasteiger partial charge in [0.25, 0.3) is 11.6 Å². The Labute approximate surface area is 170 Å². The number of hydrogen-bond donors (Lipinski definition) is 2. The molecule has 1 heterocycles. The second kappa shape index (κ2) is 11.0. The maximum atomic E-state index is 12.7. The standard InChI is InChI=1S/C18H27N3O6.ClH/c1-4-27-16-9-13(14(21(23)24)10-15(16)26-3)17(22)20-11-18(12-25-2)5-7-19-8-6-18;/h9-10,19H,4-8,11-12H2,1-3H3,(H,20,22);1H. The van der Waals surface area contributed by atoms with E-state index in [1.807, 2.05) is 0 Å². The average Bonchev–Trinajstić information content (AvgIpc) is 2.67. The maximum absolute atomic E-state index is 12.7. The summed E-state index contributed by atoms with van der Waals surface area (Å²) in [6.07, 6.45) is 1.71. The van der Waals surface area contributed by atoms with Gasteiger partial charge in [-0.15, -0.1) is 12.4 Å². The van der Waals surface area contributed by atoms with Crippen LogP contribution in [-0.2, 0) is 4.74 Å². The van der Waals surface area contributed by atoms with Crippen LogP contribution in [0.25, 0.3) is 0 Å². The van der Waals surface area contributed by atoms with E-state index in [0.717, 1.165) is 25.9 Å². The Hall–Kier alpha value is -2.10. The van der Waals surface area contributed by atoms with Crippen LogP contribution in [0.15, 0.2) is 12.1 Å². The molecule has 1 amide bonds. The number of methoxy groups -OCH3 is 2. The number of rotatable bonds is 9. The Morgan fingerprint density at radius 2 is 1.96 bits per heavy atom. The zero-order valence-electron chi connectivity index (χ0n) is 16.4. The van der Waals surface area contributed by atoms with Crippen LogP contribution in [0.4, 0.5) is 5.69 Å². The highest BCUT2D eigenvalue weighted by molar-refractivity contribution is 5.99. The van der Waals surface area contributed by atoms with Gasteiger partial charge in [0, 0.05) is 25.1 Å². The largest absolute Gasteiger partial charge is 0.493 e. The Balaban J connectivity index is 0.00000392. The molecule has 0 aromatic heterocycles. The van der Waals surface area contributed by atoms with Gasteiger partial charge in [-0.1, -0.05) is 0 Å². The summed E-state index contributed by atoms with van der Waals surface area (Å²) in [5.41, 5.74) is -0.552. The van der Waals surface area contributed by atoms with Gasteiger partial charge < -0.3 is 24.8 Å². The van der Waals surface area contributed by atoms with Gasteiger partial charge in [-0.05, 0) is 32.9 Å². The molecule has 0 saturated carbocycles. The van der Waals surface area contributed by atoms with E-state index in [1.165, 1.54) is 19.2 Å². The highest BCUT2D eigenvalue weighted by Gasteiger charge is 2.33. The number of piperidine rings is 1. The lowest BCUT2D eigenvalue weighted by atomic mass is 9.79. The van der Waals surface area contributed by atoms with E-state index in [-0.39, 0.29) is 34.8 Å². The summed E-state index contributed by atoms with van der Waals surface area (Å²) >= 11 is 0. The summed E-state index contributed by atoms with van der Waals surface area (Å²) in [6.45, 7) is 4.72.